The molecule has 5 rings (SSSR count). The van der Waals surface area contributed by atoms with Gasteiger partial charge >= 0.3 is 17.9 Å². The Morgan fingerprint density at radius 3 is 1.69 bits per heavy atom. The molecule has 1 saturated heterocycles. The highest BCUT2D eigenvalue weighted by molar-refractivity contribution is 6.08. The van der Waals surface area contributed by atoms with Gasteiger partial charge in [0.25, 0.3) is 0 Å². The molecule has 0 radical (unpaired) electrons. The average molecular weight is 634 g/mol. The molecule has 0 saturated carbocycles. The average Bonchev–Trinajstić information content (AvgIpc) is 3.01. The third-order valence-corrected chi connectivity index (χ3v) is 6.99. The van der Waals surface area contributed by atoms with Crippen LogP contribution in [0.15, 0.2) is 24.3 Å². The first-order valence-electron chi connectivity index (χ1n) is 12.5. The van der Waals surface area contributed by atoms with Gasteiger partial charge < -0.3 is 75.1 Å². The number of aliphatic hydroxyl groups excluding tert-OH is 2. The Bertz CT molecular complexity index is 1730. The third-order valence-electron chi connectivity index (χ3n) is 6.99. The summed E-state index contributed by atoms with van der Waals surface area (Å²) in [5.41, 5.74) is -3.99. The van der Waals surface area contributed by atoms with Gasteiger partial charge in [0.1, 0.15) is 24.9 Å². The molecular weight excluding hydrogens is 612 g/mol. The number of rotatable bonds is 2. The molecule has 45 heavy (non-hydrogen) atoms. The quantitative estimate of drug-likeness (QED) is 0.0979. The van der Waals surface area contributed by atoms with Gasteiger partial charge in [0.15, 0.2) is 46.4 Å². The Hall–Kier alpha value is -5.85. The molecule has 11 N–H and O–H groups in total. The van der Waals surface area contributed by atoms with Gasteiger partial charge in [-0.25, -0.2) is 14.4 Å². The fraction of sp³-hybridized carbons (Fsp3) is 0.222. The number of ether oxygens (including phenoxy) is 4. The van der Waals surface area contributed by atoms with Crippen molar-refractivity contribution in [3.63, 3.8) is 0 Å². The van der Waals surface area contributed by atoms with E-state index >= 15 is 0 Å². The molecule has 18 heteroatoms. The predicted molar refractivity (Wildman–Crippen MR) is 139 cm³/mol. The van der Waals surface area contributed by atoms with Crippen molar-refractivity contribution in [2.45, 2.75) is 30.7 Å². The Morgan fingerprint density at radius 1 is 0.667 bits per heavy atom. The van der Waals surface area contributed by atoms with Crippen LogP contribution in [0.4, 0.5) is 0 Å². The van der Waals surface area contributed by atoms with Gasteiger partial charge in [-0.05, 0) is 24.3 Å². The van der Waals surface area contributed by atoms with Crippen LogP contribution in [0.3, 0.4) is 0 Å². The van der Waals surface area contributed by atoms with Crippen LogP contribution in [0.25, 0.3) is 11.1 Å². The second-order valence-electron chi connectivity index (χ2n) is 9.79. The lowest BCUT2D eigenvalue weighted by molar-refractivity contribution is -0.284. The third kappa shape index (κ3) is 5.07. The summed E-state index contributed by atoms with van der Waals surface area (Å²) in [6, 6.07) is 2.51. The zero-order chi connectivity index (χ0) is 33.1. The lowest BCUT2D eigenvalue weighted by Crippen LogP contribution is -2.61. The molecule has 3 aromatic carbocycles. The maximum atomic E-state index is 13.4. The predicted octanol–water partition coefficient (Wildman–Crippen LogP) is -0.297. The van der Waals surface area contributed by atoms with Gasteiger partial charge in [0.05, 0.1) is 16.7 Å². The van der Waals surface area contributed by atoms with Crippen molar-refractivity contribution in [3.05, 3.63) is 41.0 Å². The van der Waals surface area contributed by atoms with E-state index in [0.29, 0.717) is 24.3 Å². The highest BCUT2D eigenvalue weighted by atomic mass is 16.7. The second kappa shape index (κ2) is 11.0. The molecular formula is C27H22O18. The van der Waals surface area contributed by atoms with Gasteiger partial charge in [-0.15, -0.1) is 0 Å². The molecule has 0 amide bonds. The molecule has 2 aliphatic heterocycles. The van der Waals surface area contributed by atoms with Gasteiger partial charge in [-0.2, -0.15) is 0 Å². The Kier molecular flexibility index (Phi) is 7.49. The molecule has 0 aliphatic carbocycles. The van der Waals surface area contributed by atoms with Crippen molar-refractivity contribution < 1.29 is 89.5 Å². The largest absolute Gasteiger partial charge is 0.504 e. The monoisotopic (exact) mass is 634 g/mol. The molecule has 5 atom stereocenters. The topological polar surface area (TPSA) is 311 Å². The number of esters is 3. The maximum absolute atomic E-state index is 13.4. The Morgan fingerprint density at radius 2 is 1.16 bits per heavy atom. The van der Waals surface area contributed by atoms with E-state index in [-0.39, 0.29) is 0 Å². The van der Waals surface area contributed by atoms with Gasteiger partial charge in [-0.1, -0.05) is 0 Å². The summed E-state index contributed by atoms with van der Waals surface area (Å²) in [6.45, 7) is -0.948. The van der Waals surface area contributed by atoms with E-state index < -0.39 is 135 Å². The fourth-order valence-electron chi connectivity index (χ4n) is 4.72. The number of hydrogen-bond donors (Lipinski definition) is 11. The van der Waals surface area contributed by atoms with Crippen LogP contribution in [0.5, 0.6) is 51.7 Å². The first-order valence-corrected chi connectivity index (χ1v) is 12.5. The first-order chi connectivity index (χ1) is 21.1. The number of benzene rings is 3. The van der Waals surface area contributed by atoms with Crippen LogP contribution < -0.4 is 0 Å². The fourth-order valence-corrected chi connectivity index (χ4v) is 4.72. The molecule has 18 nitrogen and oxygen atoms in total. The summed E-state index contributed by atoms with van der Waals surface area (Å²) >= 11 is 0. The van der Waals surface area contributed by atoms with E-state index in [1.165, 1.54) is 0 Å². The second-order valence-corrected chi connectivity index (χ2v) is 9.79. The van der Waals surface area contributed by atoms with Crippen molar-refractivity contribution in [1.82, 2.24) is 0 Å². The van der Waals surface area contributed by atoms with Gasteiger partial charge in [0, 0.05) is 11.1 Å². The van der Waals surface area contributed by atoms with E-state index in [4.69, 9.17) is 18.9 Å². The van der Waals surface area contributed by atoms with Crippen molar-refractivity contribution in [2.75, 3.05) is 6.61 Å². The minimum Gasteiger partial charge on any atom is -0.504 e. The molecule has 0 aromatic heterocycles. The summed E-state index contributed by atoms with van der Waals surface area (Å²) in [7, 11) is 0. The number of carbonyl (C=O) groups is 3. The SMILES string of the molecule is O=C(O[C@@H]1OC2COC(=O)c3cc(O)c(O)c(O)c3-c3c(cc(O)c(O)c3O)C(=O)O[C@H]2[C@H](O)C1O)c1cc(O)c(O)c(O)c1. The Labute approximate surface area is 248 Å². The van der Waals surface area contributed by atoms with E-state index in [2.05, 4.69) is 0 Å². The van der Waals surface area contributed by atoms with Gasteiger partial charge in [0.2, 0.25) is 17.8 Å². The lowest BCUT2D eigenvalue weighted by Gasteiger charge is -2.41. The number of aromatic hydroxyl groups is 9. The number of carbonyl (C=O) groups excluding carboxylic acids is 3. The summed E-state index contributed by atoms with van der Waals surface area (Å²) in [6.07, 6.45) is -10.1. The Balaban J connectivity index is 1.57. The van der Waals surface area contributed by atoms with Crippen molar-refractivity contribution in [2.24, 2.45) is 0 Å². The van der Waals surface area contributed by atoms with Crippen LogP contribution in [0.1, 0.15) is 31.1 Å². The van der Waals surface area contributed by atoms with Crippen LogP contribution in [0.2, 0.25) is 0 Å². The number of hydrogen-bond acceptors (Lipinski definition) is 18. The first kappa shape index (κ1) is 30.6. The highest BCUT2D eigenvalue weighted by Crippen LogP contribution is 2.53. The summed E-state index contributed by atoms with van der Waals surface area (Å²) in [5, 5.41) is 112. The number of phenols is 9. The number of phenolic OH excluding ortho intramolecular Hbond substituents is 9. The highest BCUT2D eigenvalue weighted by Gasteiger charge is 2.50. The smallest absolute Gasteiger partial charge is 0.340 e. The number of aliphatic hydroxyl groups is 2. The summed E-state index contributed by atoms with van der Waals surface area (Å²) < 4.78 is 20.9. The van der Waals surface area contributed by atoms with E-state index in [1.807, 2.05) is 0 Å². The van der Waals surface area contributed by atoms with E-state index in [0.717, 1.165) is 0 Å². The zero-order valence-electron chi connectivity index (χ0n) is 22.2. The summed E-state index contributed by atoms with van der Waals surface area (Å²) in [5.74, 6) is -14.3. The maximum Gasteiger partial charge on any atom is 0.340 e. The van der Waals surface area contributed by atoms with E-state index in [1.54, 1.807) is 0 Å². The minimum atomic E-state index is -2.18. The zero-order valence-corrected chi connectivity index (χ0v) is 22.2. The standard InChI is InChI=1S/C27H22O18/c28-9-1-6(2-10(29)16(9)32)24(39)45-27-22(38)21(37)23-13(43-27)5-42-25(40)7-3-11(30)17(33)19(35)14(7)15-8(26(41)44-23)4-12(31)18(34)20(15)36/h1-4,13,21-23,27-38H,5H2/t13?,21-,22?,23-,27+/m1/s1. The molecule has 0 spiro atoms. The van der Waals surface area contributed by atoms with Crippen molar-refractivity contribution in [3.8, 4) is 62.9 Å². The number of fused-ring (bicyclic) bond motifs is 4. The normalized spacial score (nSPS) is 22.9. The number of cyclic esters (lactones) is 1. The van der Waals surface area contributed by atoms with Crippen LogP contribution in [-0.4, -0.2) is 111 Å². The van der Waals surface area contributed by atoms with Crippen LogP contribution in [-0.2, 0) is 18.9 Å². The molecule has 3 aromatic rings. The molecule has 0 bridgehead atoms. The molecule has 2 heterocycles. The van der Waals surface area contributed by atoms with Crippen molar-refractivity contribution >= 4 is 17.9 Å². The van der Waals surface area contributed by atoms with Crippen molar-refractivity contribution in [1.29, 1.82) is 0 Å². The van der Waals surface area contributed by atoms with Gasteiger partial charge in [-0.3, -0.25) is 0 Å². The lowest BCUT2D eigenvalue weighted by atomic mass is 9.92. The van der Waals surface area contributed by atoms with Crippen LogP contribution >= 0.6 is 0 Å². The molecule has 2 aliphatic rings. The molecule has 1 fully saturated rings. The molecule has 2 unspecified atom stereocenters. The van der Waals surface area contributed by atoms with Crippen LogP contribution in [0, 0.1) is 0 Å². The summed E-state index contributed by atoms with van der Waals surface area (Å²) in [4.78, 5) is 39.3. The van der Waals surface area contributed by atoms with E-state index in [9.17, 15) is 70.6 Å². The molecule has 238 valence electrons. The minimum absolute atomic E-state index is 0.539.